The van der Waals surface area contributed by atoms with Crippen LogP contribution in [0.2, 0.25) is 0 Å². The third-order valence-corrected chi connectivity index (χ3v) is 4.82. The van der Waals surface area contributed by atoms with Gasteiger partial charge in [0.2, 0.25) is 5.75 Å². The van der Waals surface area contributed by atoms with Gasteiger partial charge in [-0.25, -0.2) is 0 Å². The van der Waals surface area contributed by atoms with Crippen LogP contribution in [0.15, 0.2) is 48.0 Å². The summed E-state index contributed by atoms with van der Waals surface area (Å²) < 4.78 is 5.50. The van der Waals surface area contributed by atoms with Crippen molar-refractivity contribution in [3.63, 3.8) is 0 Å². The first-order chi connectivity index (χ1) is 14.9. The molecule has 2 aromatic carbocycles. The van der Waals surface area contributed by atoms with Crippen molar-refractivity contribution in [2.45, 2.75) is 31.7 Å². The topological polar surface area (TPSA) is 148 Å². The summed E-state index contributed by atoms with van der Waals surface area (Å²) in [6, 6.07) is 11.3. The van der Waals surface area contributed by atoms with Crippen molar-refractivity contribution in [2.24, 2.45) is 0 Å². The number of ether oxygens (including phenoxy) is 1. The summed E-state index contributed by atoms with van der Waals surface area (Å²) >= 11 is 0. The lowest BCUT2D eigenvalue weighted by Gasteiger charge is -2.11. The van der Waals surface area contributed by atoms with Gasteiger partial charge in [-0.1, -0.05) is 25.0 Å². The summed E-state index contributed by atoms with van der Waals surface area (Å²) in [7, 11) is 0. The van der Waals surface area contributed by atoms with Crippen LogP contribution in [0.1, 0.15) is 31.2 Å². The van der Waals surface area contributed by atoms with Crippen molar-refractivity contribution < 1.29 is 19.4 Å². The van der Waals surface area contributed by atoms with Gasteiger partial charge in [-0.3, -0.25) is 25.0 Å². The second-order valence-corrected chi connectivity index (χ2v) is 6.96. The number of benzene rings is 2. The minimum absolute atomic E-state index is 0.0217. The number of carbonyl (C=O) groups excluding carboxylic acids is 1. The fourth-order valence-corrected chi connectivity index (χ4v) is 3.26. The number of nitro benzene ring substituents is 2. The van der Waals surface area contributed by atoms with Gasteiger partial charge in [-0.2, -0.15) is 5.26 Å². The van der Waals surface area contributed by atoms with E-state index < -0.39 is 27.1 Å². The van der Waals surface area contributed by atoms with Crippen LogP contribution in [-0.2, 0) is 4.79 Å². The molecule has 10 nitrogen and oxygen atoms in total. The van der Waals surface area contributed by atoms with Crippen LogP contribution in [0.3, 0.4) is 0 Å². The highest BCUT2D eigenvalue weighted by Crippen LogP contribution is 2.34. The van der Waals surface area contributed by atoms with E-state index in [9.17, 15) is 30.3 Å². The second kappa shape index (κ2) is 9.49. The Balaban J connectivity index is 1.75. The number of carbonyl (C=O) groups is 1. The molecule has 2 aromatic rings. The van der Waals surface area contributed by atoms with E-state index in [1.807, 2.05) is 6.07 Å². The van der Waals surface area contributed by atoms with Crippen molar-refractivity contribution in [3.05, 3.63) is 73.8 Å². The van der Waals surface area contributed by atoms with Gasteiger partial charge in [0, 0.05) is 12.1 Å². The summed E-state index contributed by atoms with van der Waals surface area (Å²) in [5.41, 5.74) is -0.400. The molecule has 1 aliphatic carbocycles. The van der Waals surface area contributed by atoms with Gasteiger partial charge in [0.25, 0.3) is 11.6 Å². The zero-order valence-electron chi connectivity index (χ0n) is 16.3. The monoisotopic (exact) mass is 422 g/mol. The maximum Gasteiger partial charge on any atom is 0.318 e. The van der Waals surface area contributed by atoms with E-state index in [1.54, 1.807) is 12.1 Å². The largest absolute Gasteiger partial charge is 0.450 e. The number of hydrogen-bond acceptors (Lipinski definition) is 7. The Morgan fingerprint density at radius 3 is 2.35 bits per heavy atom. The molecular formula is C21H18N4O6. The van der Waals surface area contributed by atoms with Crippen LogP contribution < -0.4 is 10.1 Å². The van der Waals surface area contributed by atoms with E-state index in [4.69, 9.17) is 4.74 Å². The molecule has 1 aliphatic rings. The maximum absolute atomic E-state index is 12.3. The average molecular weight is 422 g/mol. The van der Waals surface area contributed by atoms with Crippen molar-refractivity contribution >= 4 is 23.4 Å². The molecule has 158 valence electrons. The summed E-state index contributed by atoms with van der Waals surface area (Å²) in [4.78, 5) is 32.8. The Labute approximate surface area is 177 Å². The quantitative estimate of drug-likeness (QED) is 0.303. The molecule has 0 heterocycles. The molecule has 0 aromatic heterocycles. The molecule has 0 spiro atoms. The smallest absolute Gasteiger partial charge is 0.318 e. The Morgan fingerprint density at radius 1 is 1.10 bits per heavy atom. The van der Waals surface area contributed by atoms with Crippen LogP contribution in [-0.4, -0.2) is 21.8 Å². The minimum Gasteiger partial charge on any atom is -0.450 e. The molecule has 3 rings (SSSR count). The van der Waals surface area contributed by atoms with Crippen LogP contribution >= 0.6 is 0 Å². The summed E-state index contributed by atoms with van der Waals surface area (Å²) in [5.74, 6) is -0.313. The number of nitrogens with one attached hydrogen (secondary N) is 1. The lowest BCUT2D eigenvalue weighted by atomic mass is 10.1. The standard InChI is InChI=1S/C21H18N4O6/c22-13-15(21(26)23-16-3-1-2-4-16)11-14-5-8-18(9-6-14)31-20-10-7-17(24(27)28)12-19(20)25(29)30/h5-12,16H,1-4H2,(H,23,26)/b15-11-. The van der Waals surface area contributed by atoms with Gasteiger partial charge in [-0.05, 0) is 42.7 Å². The molecule has 1 N–H and O–H groups in total. The van der Waals surface area contributed by atoms with E-state index >= 15 is 0 Å². The first-order valence-electron chi connectivity index (χ1n) is 9.51. The molecule has 0 bridgehead atoms. The molecule has 1 saturated carbocycles. The Kier molecular flexibility index (Phi) is 6.57. The van der Waals surface area contributed by atoms with Gasteiger partial charge >= 0.3 is 5.69 Å². The molecule has 1 amide bonds. The van der Waals surface area contributed by atoms with Crippen molar-refractivity contribution in [2.75, 3.05) is 0 Å². The number of non-ortho nitro benzene ring substituents is 1. The lowest BCUT2D eigenvalue weighted by molar-refractivity contribution is -0.394. The minimum atomic E-state index is -0.762. The van der Waals surface area contributed by atoms with E-state index in [0.29, 0.717) is 5.56 Å². The SMILES string of the molecule is N#C/C(=C/c1ccc(Oc2ccc([N+](=O)[O-])cc2[N+](=O)[O-])cc1)C(=O)NC1CCCC1. The van der Waals surface area contributed by atoms with Crippen LogP contribution in [0.25, 0.3) is 6.08 Å². The van der Waals surface area contributed by atoms with E-state index in [-0.39, 0.29) is 23.1 Å². The average Bonchev–Trinajstić information content (AvgIpc) is 3.26. The molecule has 0 radical (unpaired) electrons. The first-order valence-corrected chi connectivity index (χ1v) is 9.51. The number of nitriles is 1. The number of nitro groups is 2. The highest BCUT2D eigenvalue weighted by molar-refractivity contribution is 6.01. The van der Waals surface area contributed by atoms with Gasteiger partial charge in [0.1, 0.15) is 17.4 Å². The normalized spacial score (nSPS) is 14.0. The molecule has 10 heteroatoms. The third kappa shape index (κ3) is 5.42. The zero-order valence-corrected chi connectivity index (χ0v) is 16.3. The van der Waals surface area contributed by atoms with Gasteiger partial charge in [0.05, 0.1) is 15.9 Å². The Hall–Kier alpha value is -4.26. The fourth-order valence-electron chi connectivity index (χ4n) is 3.26. The highest BCUT2D eigenvalue weighted by Gasteiger charge is 2.21. The highest BCUT2D eigenvalue weighted by atomic mass is 16.6. The van der Waals surface area contributed by atoms with E-state index in [0.717, 1.165) is 43.9 Å². The fraction of sp³-hybridized carbons (Fsp3) is 0.238. The summed E-state index contributed by atoms with van der Waals surface area (Å²) in [5, 5.41) is 34.2. The predicted octanol–water partition coefficient (Wildman–Crippen LogP) is 4.26. The zero-order chi connectivity index (χ0) is 22.4. The van der Waals surface area contributed by atoms with Crippen molar-refractivity contribution in [1.29, 1.82) is 5.26 Å². The molecule has 31 heavy (non-hydrogen) atoms. The number of nitrogens with zero attached hydrogens (tertiary/aromatic N) is 3. The maximum atomic E-state index is 12.3. The van der Waals surface area contributed by atoms with E-state index in [1.165, 1.54) is 18.2 Å². The molecule has 0 saturated heterocycles. The third-order valence-electron chi connectivity index (χ3n) is 4.82. The molecule has 0 unspecified atom stereocenters. The number of rotatable bonds is 7. The molecule has 0 atom stereocenters. The van der Waals surface area contributed by atoms with Crippen molar-refractivity contribution in [1.82, 2.24) is 5.32 Å². The van der Waals surface area contributed by atoms with Crippen molar-refractivity contribution in [3.8, 4) is 17.6 Å². The van der Waals surface area contributed by atoms with Gasteiger partial charge < -0.3 is 10.1 Å². The van der Waals surface area contributed by atoms with Crippen LogP contribution in [0, 0.1) is 31.6 Å². The number of amides is 1. The summed E-state index contributed by atoms with van der Waals surface area (Å²) in [6.07, 6.45) is 5.38. The van der Waals surface area contributed by atoms with Gasteiger partial charge in [-0.15, -0.1) is 0 Å². The molecular weight excluding hydrogens is 404 g/mol. The van der Waals surface area contributed by atoms with E-state index in [2.05, 4.69) is 5.32 Å². The summed E-state index contributed by atoms with van der Waals surface area (Å²) in [6.45, 7) is 0. The second-order valence-electron chi connectivity index (χ2n) is 6.96. The predicted molar refractivity (Wildman–Crippen MR) is 110 cm³/mol. The Morgan fingerprint density at radius 2 is 1.77 bits per heavy atom. The molecule has 1 fully saturated rings. The lowest BCUT2D eigenvalue weighted by Crippen LogP contribution is -2.33. The van der Waals surface area contributed by atoms with Crippen LogP contribution in [0.4, 0.5) is 11.4 Å². The van der Waals surface area contributed by atoms with Gasteiger partial charge in [0.15, 0.2) is 0 Å². The Bertz CT molecular complexity index is 1080. The first kappa shape index (κ1) is 21.4. The molecule has 0 aliphatic heterocycles. The number of hydrogen-bond donors (Lipinski definition) is 1. The van der Waals surface area contributed by atoms with Crippen LogP contribution in [0.5, 0.6) is 11.5 Å².